The van der Waals surface area contributed by atoms with Gasteiger partial charge < -0.3 is 17.3 Å². The van der Waals surface area contributed by atoms with E-state index in [0.717, 1.165) is 19.6 Å². The van der Waals surface area contributed by atoms with Gasteiger partial charge in [-0.25, -0.2) is 4.57 Å². The van der Waals surface area contributed by atoms with Crippen molar-refractivity contribution in [3.63, 3.8) is 0 Å². The number of hydrogen-bond donors (Lipinski definition) is 0. The fraction of sp³-hybridized carbons (Fsp3) is 0.583. The van der Waals surface area contributed by atoms with Crippen molar-refractivity contribution in [2.24, 2.45) is 0 Å². The summed E-state index contributed by atoms with van der Waals surface area (Å²) in [5.74, 6) is 0. The molecule has 0 N–H and O–H groups in total. The Morgan fingerprint density at radius 2 is 1.60 bits per heavy atom. The SMILES string of the molecule is CCC[n+]1ccc(N(CC)CC)cc1.[Cl-]. The van der Waals surface area contributed by atoms with Crippen molar-refractivity contribution < 1.29 is 17.0 Å². The van der Waals surface area contributed by atoms with Crippen LogP contribution in [-0.4, -0.2) is 13.1 Å². The largest absolute Gasteiger partial charge is 1.00 e. The van der Waals surface area contributed by atoms with Crippen LogP contribution in [0.15, 0.2) is 24.5 Å². The third-order valence-electron chi connectivity index (χ3n) is 2.48. The maximum Gasteiger partial charge on any atom is 0.170 e. The summed E-state index contributed by atoms with van der Waals surface area (Å²) in [7, 11) is 0. The molecule has 0 saturated carbocycles. The minimum Gasteiger partial charge on any atom is -1.00 e. The van der Waals surface area contributed by atoms with Crippen molar-refractivity contribution in [3.8, 4) is 0 Å². The highest BCUT2D eigenvalue weighted by Crippen LogP contribution is 2.09. The lowest BCUT2D eigenvalue weighted by molar-refractivity contribution is -0.696. The second-order valence-electron chi connectivity index (χ2n) is 3.47. The van der Waals surface area contributed by atoms with E-state index in [2.05, 4.69) is 54.8 Å². The first kappa shape index (κ1) is 14.2. The first-order valence-corrected chi connectivity index (χ1v) is 5.55. The normalized spacial score (nSPS) is 9.53. The Morgan fingerprint density at radius 1 is 1.07 bits per heavy atom. The predicted octanol–water partition coefficient (Wildman–Crippen LogP) is -0.766. The van der Waals surface area contributed by atoms with Gasteiger partial charge in [0.1, 0.15) is 6.54 Å². The second kappa shape index (κ2) is 7.52. The van der Waals surface area contributed by atoms with E-state index in [1.165, 1.54) is 12.1 Å². The van der Waals surface area contributed by atoms with E-state index in [1.807, 2.05) is 0 Å². The molecule has 0 bridgehead atoms. The van der Waals surface area contributed by atoms with Gasteiger partial charge in [-0.05, 0) is 13.8 Å². The van der Waals surface area contributed by atoms with E-state index >= 15 is 0 Å². The average molecular weight is 229 g/mol. The third-order valence-corrected chi connectivity index (χ3v) is 2.48. The third kappa shape index (κ3) is 4.08. The first-order chi connectivity index (χ1) is 6.81. The molecule has 0 aliphatic rings. The first-order valence-electron chi connectivity index (χ1n) is 5.55. The molecule has 1 aromatic heterocycles. The summed E-state index contributed by atoms with van der Waals surface area (Å²) in [6.07, 6.45) is 5.52. The topological polar surface area (TPSA) is 7.12 Å². The number of hydrogen-bond acceptors (Lipinski definition) is 1. The van der Waals surface area contributed by atoms with Crippen LogP contribution >= 0.6 is 0 Å². The zero-order valence-electron chi connectivity index (χ0n) is 9.91. The molecule has 0 unspecified atom stereocenters. The number of aryl methyl sites for hydroxylation is 1. The van der Waals surface area contributed by atoms with Gasteiger partial charge >= 0.3 is 0 Å². The minimum absolute atomic E-state index is 0. The van der Waals surface area contributed by atoms with Crippen molar-refractivity contribution in [2.75, 3.05) is 18.0 Å². The van der Waals surface area contributed by atoms with Crippen LogP contribution in [0.2, 0.25) is 0 Å². The maximum absolute atomic E-state index is 2.36. The lowest BCUT2D eigenvalue weighted by Gasteiger charge is -2.19. The summed E-state index contributed by atoms with van der Waals surface area (Å²) in [6.45, 7) is 9.85. The van der Waals surface area contributed by atoms with E-state index in [-0.39, 0.29) is 12.4 Å². The number of halogens is 1. The Kier molecular flexibility index (Phi) is 7.14. The molecule has 2 nitrogen and oxygen atoms in total. The molecule has 0 aromatic carbocycles. The van der Waals surface area contributed by atoms with Crippen LogP contribution in [0.4, 0.5) is 5.69 Å². The molecular weight excluding hydrogens is 208 g/mol. The van der Waals surface area contributed by atoms with Crippen molar-refractivity contribution in [1.29, 1.82) is 0 Å². The smallest absolute Gasteiger partial charge is 0.170 e. The Morgan fingerprint density at radius 3 is 2.00 bits per heavy atom. The lowest BCUT2D eigenvalue weighted by atomic mass is 10.3. The maximum atomic E-state index is 2.36. The van der Waals surface area contributed by atoms with Gasteiger partial charge in [0.05, 0.1) is 0 Å². The Bertz CT molecular complexity index is 255. The summed E-state index contributed by atoms with van der Waals surface area (Å²) in [5, 5.41) is 0. The number of pyridine rings is 1. The van der Waals surface area contributed by atoms with Gasteiger partial charge in [0.25, 0.3) is 0 Å². The zero-order chi connectivity index (χ0) is 10.4. The Hall–Kier alpha value is -0.760. The molecular formula is C12H21ClN2. The second-order valence-corrected chi connectivity index (χ2v) is 3.47. The number of nitrogens with zero attached hydrogens (tertiary/aromatic N) is 2. The van der Waals surface area contributed by atoms with Gasteiger partial charge in [-0.2, -0.15) is 0 Å². The van der Waals surface area contributed by atoms with Crippen molar-refractivity contribution >= 4 is 5.69 Å². The molecule has 0 atom stereocenters. The standard InChI is InChI=1S/C12H21N2.ClH/c1-4-9-13-10-7-12(8-11-13)14(5-2)6-3;/h7-8,10-11H,4-6,9H2,1-3H3;1H/q+1;/p-1. The summed E-state index contributed by atoms with van der Waals surface area (Å²) in [5.41, 5.74) is 1.32. The Labute approximate surface area is 99.3 Å². The van der Waals surface area contributed by atoms with Crippen LogP contribution in [0, 0.1) is 0 Å². The number of anilines is 1. The average Bonchev–Trinajstić information content (AvgIpc) is 2.23. The van der Waals surface area contributed by atoms with Gasteiger partial charge in [0, 0.05) is 37.3 Å². The monoisotopic (exact) mass is 228 g/mol. The quantitative estimate of drug-likeness (QED) is 0.601. The van der Waals surface area contributed by atoms with Crippen molar-refractivity contribution in [3.05, 3.63) is 24.5 Å². The van der Waals surface area contributed by atoms with Crippen molar-refractivity contribution in [1.82, 2.24) is 0 Å². The zero-order valence-corrected chi connectivity index (χ0v) is 10.7. The fourth-order valence-electron chi connectivity index (χ4n) is 1.66. The van der Waals surface area contributed by atoms with Crippen LogP contribution in [0.3, 0.4) is 0 Å². The summed E-state index contributed by atoms with van der Waals surface area (Å²) in [6, 6.07) is 4.39. The van der Waals surface area contributed by atoms with Gasteiger partial charge in [-0.1, -0.05) is 6.92 Å². The minimum atomic E-state index is 0. The highest BCUT2D eigenvalue weighted by molar-refractivity contribution is 5.43. The number of aromatic nitrogens is 1. The van der Waals surface area contributed by atoms with Gasteiger partial charge in [0.2, 0.25) is 0 Å². The highest BCUT2D eigenvalue weighted by atomic mass is 35.5. The van der Waals surface area contributed by atoms with E-state index in [1.54, 1.807) is 0 Å². The van der Waals surface area contributed by atoms with E-state index in [0.29, 0.717) is 0 Å². The van der Waals surface area contributed by atoms with Crippen LogP contribution in [-0.2, 0) is 6.54 Å². The molecule has 0 spiro atoms. The van der Waals surface area contributed by atoms with Crippen molar-refractivity contribution in [2.45, 2.75) is 33.7 Å². The summed E-state index contributed by atoms with van der Waals surface area (Å²) in [4.78, 5) is 2.36. The molecule has 0 fully saturated rings. The molecule has 3 heteroatoms. The fourth-order valence-corrected chi connectivity index (χ4v) is 1.66. The summed E-state index contributed by atoms with van der Waals surface area (Å²) >= 11 is 0. The highest BCUT2D eigenvalue weighted by Gasteiger charge is 2.03. The van der Waals surface area contributed by atoms with Crippen LogP contribution in [0.1, 0.15) is 27.2 Å². The molecule has 1 aromatic rings. The Balaban J connectivity index is 0.00000196. The van der Waals surface area contributed by atoms with Gasteiger partial charge in [-0.3, -0.25) is 0 Å². The van der Waals surface area contributed by atoms with E-state index in [9.17, 15) is 0 Å². The van der Waals surface area contributed by atoms with Gasteiger partial charge in [0.15, 0.2) is 12.4 Å². The molecule has 15 heavy (non-hydrogen) atoms. The van der Waals surface area contributed by atoms with Crippen LogP contribution in [0.25, 0.3) is 0 Å². The molecule has 86 valence electrons. The van der Waals surface area contributed by atoms with E-state index in [4.69, 9.17) is 0 Å². The van der Waals surface area contributed by atoms with Crippen LogP contribution in [0.5, 0.6) is 0 Å². The predicted molar refractivity (Wildman–Crippen MR) is 60.5 cm³/mol. The number of rotatable bonds is 5. The van der Waals surface area contributed by atoms with E-state index < -0.39 is 0 Å². The molecule has 0 radical (unpaired) electrons. The molecule has 0 aliphatic carbocycles. The molecule has 0 amide bonds. The molecule has 0 aliphatic heterocycles. The summed E-state index contributed by atoms with van der Waals surface area (Å²) < 4.78 is 2.23. The van der Waals surface area contributed by atoms with Gasteiger partial charge in [-0.15, -0.1) is 0 Å². The molecule has 1 rings (SSSR count). The lowest BCUT2D eigenvalue weighted by Crippen LogP contribution is -3.00. The molecule has 1 heterocycles. The van der Waals surface area contributed by atoms with Crippen LogP contribution < -0.4 is 21.9 Å². The molecule has 0 saturated heterocycles.